The summed E-state index contributed by atoms with van der Waals surface area (Å²) in [6.45, 7) is 5.78. The maximum atomic E-state index is 13.5. The van der Waals surface area contributed by atoms with Crippen molar-refractivity contribution in [3.8, 4) is 11.1 Å². The van der Waals surface area contributed by atoms with Crippen molar-refractivity contribution in [2.45, 2.75) is 65.0 Å². The number of hydrogen-bond acceptors (Lipinski definition) is 5. The molecule has 0 radical (unpaired) electrons. The van der Waals surface area contributed by atoms with E-state index in [9.17, 15) is 4.79 Å². The normalized spacial score (nSPS) is 16.5. The molecule has 1 aliphatic rings. The molecule has 1 saturated heterocycles. The third-order valence-corrected chi connectivity index (χ3v) is 5.75. The summed E-state index contributed by atoms with van der Waals surface area (Å²) in [5, 5.41) is 4.36. The first-order chi connectivity index (χ1) is 15.2. The Labute approximate surface area is 183 Å². The van der Waals surface area contributed by atoms with Gasteiger partial charge in [-0.25, -0.2) is 9.97 Å². The van der Waals surface area contributed by atoms with Gasteiger partial charge in [-0.2, -0.15) is 5.10 Å². The van der Waals surface area contributed by atoms with Gasteiger partial charge in [0, 0.05) is 49.9 Å². The zero-order chi connectivity index (χ0) is 21.6. The minimum atomic E-state index is -0.0717. The molecule has 4 heterocycles. The monoisotopic (exact) mass is 418 g/mol. The van der Waals surface area contributed by atoms with Gasteiger partial charge in [-0.15, -0.1) is 0 Å². The van der Waals surface area contributed by atoms with Gasteiger partial charge in [0.25, 0.3) is 5.91 Å². The highest BCUT2D eigenvalue weighted by molar-refractivity contribution is 5.94. The molecule has 7 heteroatoms. The highest BCUT2D eigenvalue weighted by Gasteiger charge is 2.32. The van der Waals surface area contributed by atoms with E-state index in [1.165, 1.54) is 0 Å². The molecule has 31 heavy (non-hydrogen) atoms. The van der Waals surface area contributed by atoms with Gasteiger partial charge in [-0.3, -0.25) is 14.5 Å². The fourth-order valence-corrected chi connectivity index (χ4v) is 4.24. The van der Waals surface area contributed by atoms with E-state index >= 15 is 0 Å². The molecule has 1 aliphatic heterocycles. The zero-order valence-corrected chi connectivity index (χ0v) is 18.4. The van der Waals surface area contributed by atoms with Crippen LogP contribution in [0.2, 0.25) is 0 Å². The van der Waals surface area contributed by atoms with E-state index in [1.54, 1.807) is 18.6 Å². The van der Waals surface area contributed by atoms with Crippen molar-refractivity contribution < 1.29 is 4.79 Å². The molecular weight excluding hydrogens is 388 g/mol. The third-order valence-electron chi connectivity index (χ3n) is 5.75. The first-order valence-electron chi connectivity index (χ1n) is 11.3. The molecule has 0 bridgehead atoms. The highest BCUT2D eigenvalue weighted by atomic mass is 16.2. The van der Waals surface area contributed by atoms with Crippen LogP contribution in [-0.2, 0) is 13.0 Å². The van der Waals surface area contributed by atoms with Gasteiger partial charge < -0.3 is 4.90 Å². The third kappa shape index (κ3) is 4.65. The summed E-state index contributed by atoms with van der Waals surface area (Å²) in [7, 11) is 0. The average molecular weight is 419 g/mol. The summed E-state index contributed by atoms with van der Waals surface area (Å²) in [5.41, 5.74) is 3.60. The summed E-state index contributed by atoms with van der Waals surface area (Å²) in [5.74, 6) is 0.868. The minimum Gasteiger partial charge on any atom is -0.330 e. The number of amides is 1. The minimum absolute atomic E-state index is 0.0309. The lowest BCUT2D eigenvalue weighted by molar-refractivity contribution is 0.0606. The largest absolute Gasteiger partial charge is 0.330 e. The van der Waals surface area contributed by atoms with Crippen LogP contribution in [0.1, 0.15) is 73.9 Å². The SMILES string of the molecule is CCCc1ncc(-c2ccncc2)c(C2CCCCN2C(=O)c2cnn(CCC)c2)n1. The molecule has 0 N–H and O–H groups in total. The molecule has 0 aliphatic carbocycles. The van der Waals surface area contributed by atoms with E-state index in [0.717, 1.165) is 74.3 Å². The molecule has 0 saturated carbocycles. The standard InChI is InChI=1S/C24H30N6O/c1-3-7-22-26-16-20(18-9-11-25-12-10-18)23(28-22)21-8-5-6-14-30(21)24(31)19-15-27-29(17-19)13-4-2/h9-12,15-17,21H,3-8,13-14H2,1-2H3. The van der Waals surface area contributed by atoms with E-state index in [0.29, 0.717) is 5.56 Å². The molecule has 0 spiro atoms. The second kappa shape index (κ2) is 9.81. The molecule has 1 unspecified atom stereocenters. The number of aryl methyl sites for hydroxylation is 2. The van der Waals surface area contributed by atoms with Crippen LogP contribution in [0.4, 0.5) is 0 Å². The predicted molar refractivity (Wildman–Crippen MR) is 119 cm³/mol. The van der Waals surface area contributed by atoms with Crippen molar-refractivity contribution >= 4 is 5.91 Å². The Morgan fingerprint density at radius 2 is 1.97 bits per heavy atom. The maximum absolute atomic E-state index is 13.5. The molecule has 3 aromatic rings. The van der Waals surface area contributed by atoms with Crippen LogP contribution in [0.5, 0.6) is 0 Å². The summed E-state index contributed by atoms with van der Waals surface area (Å²) < 4.78 is 1.85. The van der Waals surface area contributed by atoms with Crippen molar-refractivity contribution in [2.75, 3.05) is 6.54 Å². The molecule has 3 aromatic heterocycles. The summed E-state index contributed by atoms with van der Waals surface area (Å²) in [4.78, 5) is 29.2. The number of hydrogen-bond donors (Lipinski definition) is 0. The van der Waals surface area contributed by atoms with E-state index in [2.05, 4.69) is 28.9 Å². The molecular formula is C24H30N6O. The quantitative estimate of drug-likeness (QED) is 0.566. The van der Waals surface area contributed by atoms with Crippen LogP contribution in [0.3, 0.4) is 0 Å². The van der Waals surface area contributed by atoms with Gasteiger partial charge in [-0.1, -0.05) is 13.8 Å². The lowest BCUT2D eigenvalue weighted by atomic mass is 9.93. The van der Waals surface area contributed by atoms with Crippen LogP contribution in [0.25, 0.3) is 11.1 Å². The molecule has 0 aromatic carbocycles. The summed E-state index contributed by atoms with van der Waals surface area (Å²) in [6.07, 6.45) is 14.8. The van der Waals surface area contributed by atoms with Crippen LogP contribution >= 0.6 is 0 Å². The molecule has 1 amide bonds. The van der Waals surface area contributed by atoms with E-state index in [1.807, 2.05) is 34.1 Å². The number of pyridine rings is 1. The van der Waals surface area contributed by atoms with Crippen LogP contribution < -0.4 is 0 Å². The van der Waals surface area contributed by atoms with Crippen molar-refractivity contribution in [3.63, 3.8) is 0 Å². The zero-order valence-electron chi connectivity index (χ0n) is 18.4. The number of piperidine rings is 1. The number of carbonyl (C=O) groups excluding carboxylic acids is 1. The van der Waals surface area contributed by atoms with Gasteiger partial charge in [-0.05, 0) is 49.8 Å². The summed E-state index contributed by atoms with van der Waals surface area (Å²) >= 11 is 0. The van der Waals surface area contributed by atoms with E-state index in [-0.39, 0.29) is 11.9 Å². The Morgan fingerprint density at radius 3 is 2.74 bits per heavy atom. The number of carbonyl (C=O) groups is 1. The smallest absolute Gasteiger partial charge is 0.257 e. The number of rotatable bonds is 7. The number of nitrogens with zero attached hydrogens (tertiary/aromatic N) is 6. The van der Waals surface area contributed by atoms with Gasteiger partial charge >= 0.3 is 0 Å². The molecule has 1 fully saturated rings. The van der Waals surface area contributed by atoms with Gasteiger partial charge in [0.05, 0.1) is 23.5 Å². The molecule has 1 atom stereocenters. The van der Waals surface area contributed by atoms with E-state index in [4.69, 9.17) is 4.98 Å². The van der Waals surface area contributed by atoms with Crippen LogP contribution in [-0.4, -0.2) is 42.1 Å². The Bertz CT molecular complexity index is 1020. The Hall–Kier alpha value is -3.09. The average Bonchev–Trinajstić information content (AvgIpc) is 3.28. The number of aromatic nitrogens is 5. The fourth-order valence-electron chi connectivity index (χ4n) is 4.24. The lowest BCUT2D eigenvalue weighted by Gasteiger charge is -2.36. The van der Waals surface area contributed by atoms with Crippen LogP contribution in [0.15, 0.2) is 43.1 Å². The number of likely N-dealkylation sites (tertiary alicyclic amines) is 1. The summed E-state index contributed by atoms with van der Waals surface area (Å²) in [6, 6.07) is 3.88. The first kappa shape index (κ1) is 21.2. The highest BCUT2D eigenvalue weighted by Crippen LogP contribution is 2.36. The van der Waals surface area contributed by atoms with Crippen molar-refractivity contribution in [1.82, 2.24) is 29.6 Å². The Morgan fingerprint density at radius 1 is 1.13 bits per heavy atom. The second-order valence-electron chi connectivity index (χ2n) is 8.07. The first-order valence-corrected chi connectivity index (χ1v) is 11.3. The van der Waals surface area contributed by atoms with Crippen molar-refractivity contribution in [1.29, 1.82) is 0 Å². The molecule has 162 valence electrons. The van der Waals surface area contributed by atoms with Gasteiger partial charge in [0.2, 0.25) is 0 Å². The maximum Gasteiger partial charge on any atom is 0.257 e. The van der Waals surface area contributed by atoms with Crippen molar-refractivity contribution in [3.05, 3.63) is 60.2 Å². The fraction of sp³-hybridized carbons (Fsp3) is 0.458. The topological polar surface area (TPSA) is 76.8 Å². The van der Waals surface area contributed by atoms with Gasteiger partial charge in [0.15, 0.2) is 0 Å². The lowest BCUT2D eigenvalue weighted by Crippen LogP contribution is -2.39. The molecule has 7 nitrogen and oxygen atoms in total. The van der Waals surface area contributed by atoms with Crippen LogP contribution in [0, 0.1) is 0 Å². The van der Waals surface area contributed by atoms with Gasteiger partial charge in [0.1, 0.15) is 5.82 Å². The molecule has 4 rings (SSSR count). The Balaban J connectivity index is 1.72. The van der Waals surface area contributed by atoms with E-state index < -0.39 is 0 Å². The predicted octanol–water partition coefficient (Wildman–Crippen LogP) is 4.47. The Kier molecular flexibility index (Phi) is 6.70. The van der Waals surface area contributed by atoms with Crippen molar-refractivity contribution in [2.24, 2.45) is 0 Å². The second-order valence-corrected chi connectivity index (χ2v) is 8.07.